The van der Waals surface area contributed by atoms with Gasteiger partial charge in [-0.1, -0.05) is 30.3 Å². The summed E-state index contributed by atoms with van der Waals surface area (Å²) >= 11 is 1.55. The maximum atomic E-state index is 14.0. The molecule has 4 aromatic rings. The summed E-state index contributed by atoms with van der Waals surface area (Å²) in [5.74, 6) is -0.393. The number of aliphatic hydroxyl groups is 1. The van der Waals surface area contributed by atoms with Gasteiger partial charge in [0.2, 0.25) is 5.89 Å². The highest BCUT2D eigenvalue weighted by Crippen LogP contribution is 2.35. The van der Waals surface area contributed by atoms with Crippen molar-refractivity contribution < 1.29 is 23.5 Å². The van der Waals surface area contributed by atoms with E-state index in [2.05, 4.69) is 20.6 Å². The summed E-state index contributed by atoms with van der Waals surface area (Å²) in [4.78, 5) is 38.5. The van der Waals surface area contributed by atoms with Crippen LogP contribution in [-0.2, 0) is 6.42 Å². The van der Waals surface area contributed by atoms with E-state index in [0.29, 0.717) is 24.1 Å². The number of benzene rings is 2. The predicted octanol–water partition coefficient (Wildman–Crippen LogP) is 4.49. The van der Waals surface area contributed by atoms with Crippen LogP contribution in [0.4, 0.5) is 4.39 Å². The molecule has 2 aromatic carbocycles. The molecule has 0 saturated carbocycles. The van der Waals surface area contributed by atoms with Crippen molar-refractivity contribution in [3.8, 4) is 11.5 Å². The lowest BCUT2D eigenvalue weighted by atomic mass is 9.94. The Kier molecular flexibility index (Phi) is 8.64. The molecule has 0 aliphatic carbocycles. The van der Waals surface area contributed by atoms with Crippen molar-refractivity contribution in [2.75, 3.05) is 13.1 Å². The number of rotatable bonds is 9. The first kappa shape index (κ1) is 29.2. The second kappa shape index (κ2) is 12.7. The molecule has 0 bridgehead atoms. The highest BCUT2D eigenvalue weighted by atomic mass is 32.1. The van der Waals surface area contributed by atoms with Crippen LogP contribution in [0, 0.1) is 6.92 Å². The monoisotopic (exact) mass is 603 g/mol. The molecule has 2 amide bonds. The molecule has 5 atom stereocenters. The maximum absolute atomic E-state index is 14.0. The fourth-order valence-corrected chi connectivity index (χ4v) is 6.91. The number of thiazole rings is 1. The number of likely N-dealkylation sites (tertiary alicyclic amines) is 1. The lowest BCUT2D eigenvalue weighted by Gasteiger charge is -2.29. The third-order valence-electron chi connectivity index (χ3n) is 8.11. The number of nitrogens with zero attached hydrogens (tertiary/aromatic N) is 3. The van der Waals surface area contributed by atoms with E-state index in [4.69, 9.17) is 4.42 Å². The van der Waals surface area contributed by atoms with Gasteiger partial charge in [0.25, 0.3) is 11.8 Å². The lowest BCUT2D eigenvalue weighted by molar-refractivity contribution is 0.0728. The zero-order chi connectivity index (χ0) is 29.9. The van der Waals surface area contributed by atoms with Gasteiger partial charge in [0.1, 0.15) is 17.4 Å². The van der Waals surface area contributed by atoms with Gasteiger partial charge >= 0.3 is 0 Å². The zero-order valence-electron chi connectivity index (χ0n) is 23.8. The first-order valence-electron chi connectivity index (χ1n) is 14.5. The Hall–Kier alpha value is -3.93. The van der Waals surface area contributed by atoms with Crippen LogP contribution in [0.1, 0.15) is 62.3 Å². The number of halogens is 1. The third-order valence-corrected chi connectivity index (χ3v) is 9.17. The van der Waals surface area contributed by atoms with Crippen LogP contribution in [0.25, 0.3) is 11.5 Å². The summed E-state index contributed by atoms with van der Waals surface area (Å²) in [7, 11) is 0. The number of hydrogen-bond acceptors (Lipinski definition) is 8. The van der Waals surface area contributed by atoms with Crippen molar-refractivity contribution in [2.45, 2.75) is 63.0 Å². The van der Waals surface area contributed by atoms with Gasteiger partial charge in [0, 0.05) is 46.9 Å². The first-order chi connectivity index (χ1) is 20.9. The number of aromatic nitrogens is 2. The SMILES string of the molecule is Cc1csc([C@H]2CCCN2C(=O)c2cc(C(=O)N[C@@H](Cc3ccccc3)[C@H](O)[C@H]3C[C@H](F)CN3)cc(-c3ncco3)c2)n1. The van der Waals surface area contributed by atoms with E-state index in [1.807, 2.05) is 47.5 Å². The molecule has 0 radical (unpaired) electrons. The second-order valence-corrected chi connectivity index (χ2v) is 12.1. The Labute approximate surface area is 253 Å². The van der Waals surface area contributed by atoms with Gasteiger partial charge in [0.05, 0.1) is 24.4 Å². The number of hydrogen-bond donors (Lipinski definition) is 3. The van der Waals surface area contributed by atoms with Crippen LogP contribution < -0.4 is 10.6 Å². The van der Waals surface area contributed by atoms with Crippen molar-refractivity contribution >= 4 is 23.2 Å². The minimum atomic E-state index is -1.05. The predicted molar refractivity (Wildman–Crippen MR) is 161 cm³/mol. The first-order valence-corrected chi connectivity index (χ1v) is 15.4. The number of carbonyl (C=O) groups is 2. The summed E-state index contributed by atoms with van der Waals surface area (Å²) in [6, 6.07) is 13.1. The molecule has 4 heterocycles. The smallest absolute Gasteiger partial charge is 0.254 e. The van der Waals surface area contributed by atoms with Crippen LogP contribution in [-0.4, -0.2) is 69.2 Å². The molecule has 2 aromatic heterocycles. The number of aryl methyl sites for hydroxylation is 1. The molecule has 0 unspecified atom stereocenters. The summed E-state index contributed by atoms with van der Waals surface area (Å²) in [6.45, 7) is 2.68. The van der Waals surface area contributed by atoms with Crippen molar-refractivity contribution in [2.24, 2.45) is 0 Å². The van der Waals surface area contributed by atoms with E-state index >= 15 is 0 Å². The largest absolute Gasteiger partial charge is 0.445 e. The lowest BCUT2D eigenvalue weighted by Crippen LogP contribution is -2.52. The van der Waals surface area contributed by atoms with Crippen LogP contribution in [0.15, 0.2) is 70.8 Å². The average molecular weight is 604 g/mol. The molecular formula is C32H34FN5O4S. The van der Waals surface area contributed by atoms with Crippen molar-refractivity contribution in [1.29, 1.82) is 0 Å². The molecule has 224 valence electrons. The fraction of sp³-hybridized carbons (Fsp3) is 0.375. The molecule has 2 aliphatic rings. The number of amides is 2. The molecule has 6 rings (SSSR count). The van der Waals surface area contributed by atoms with Crippen molar-refractivity contribution in [1.82, 2.24) is 25.5 Å². The number of oxazole rings is 1. The van der Waals surface area contributed by atoms with Gasteiger partial charge in [-0.05, 0) is 56.4 Å². The van der Waals surface area contributed by atoms with Crippen molar-refractivity contribution in [3.63, 3.8) is 0 Å². The number of carbonyl (C=O) groups excluding carboxylic acids is 2. The van der Waals surface area contributed by atoms with E-state index < -0.39 is 30.3 Å². The molecule has 11 heteroatoms. The van der Waals surface area contributed by atoms with Crippen molar-refractivity contribution in [3.05, 3.63) is 93.8 Å². The van der Waals surface area contributed by atoms with Gasteiger partial charge < -0.3 is 25.1 Å². The van der Waals surface area contributed by atoms with Gasteiger partial charge in [-0.25, -0.2) is 14.4 Å². The molecule has 2 fully saturated rings. The second-order valence-electron chi connectivity index (χ2n) is 11.2. The van der Waals surface area contributed by atoms with Gasteiger partial charge in [-0.15, -0.1) is 11.3 Å². The topological polar surface area (TPSA) is 121 Å². The molecule has 0 spiro atoms. The number of aliphatic hydroxyl groups excluding tert-OH is 1. The standard InChI is InChI=1S/C32H34FN5O4S/c1-19-18-43-31(36-19)27-8-5-10-38(27)32(41)23-14-21(13-22(15-23)30-34-9-11-42-30)29(40)37-26(12-20-6-3-2-4-7-20)28(39)25-16-24(33)17-35-25/h2-4,6-7,9,11,13-15,18,24-28,35,39H,5,8,10,12,16-17H2,1H3,(H,37,40)/t24-,25+,26-,27+,28+/m0/s1. The minimum absolute atomic E-state index is 0.127. The summed E-state index contributed by atoms with van der Waals surface area (Å²) in [5.41, 5.74) is 2.89. The summed E-state index contributed by atoms with van der Waals surface area (Å²) in [5, 5.41) is 20.2. The van der Waals surface area contributed by atoms with E-state index in [1.165, 1.54) is 12.5 Å². The molecule has 9 nitrogen and oxygen atoms in total. The Morgan fingerprint density at radius 2 is 2.05 bits per heavy atom. The molecule has 2 saturated heterocycles. The average Bonchev–Trinajstić information content (AvgIpc) is 3.84. The zero-order valence-corrected chi connectivity index (χ0v) is 24.6. The Balaban J connectivity index is 1.30. The molecular weight excluding hydrogens is 569 g/mol. The van der Waals surface area contributed by atoms with Gasteiger partial charge in [-0.2, -0.15) is 0 Å². The Bertz CT molecular complexity index is 1560. The normalized spacial score (nSPS) is 21.6. The Morgan fingerprint density at radius 3 is 2.74 bits per heavy atom. The van der Waals surface area contributed by atoms with Crippen LogP contribution in [0.2, 0.25) is 0 Å². The highest BCUT2D eigenvalue weighted by molar-refractivity contribution is 7.09. The van der Waals surface area contributed by atoms with Gasteiger partial charge in [-0.3, -0.25) is 9.59 Å². The van der Waals surface area contributed by atoms with E-state index in [1.54, 1.807) is 29.5 Å². The Morgan fingerprint density at radius 1 is 1.23 bits per heavy atom. The number of nitrogens with one attached hydrogen (secondary N) is 2. The van der Waals surface area contributed by atoms with E-state index in [0.717, 1.165) is 29.1 Å². The molecule has 3 N–H and O–H groups in total. The molecule has 2 aliphatic heterocycles. The quantitative estimate of drug-likeness (QED) is 0.258. The van der Waals surface area contributed by atoms with Crippen LogP contribution in [0.5, 0.6) is 0 Å². The third kappa shape index (κ3) is 6.53. The maximum Gasteiger partial charge on any atom is 0.254 e. The van der Waals surface area contributed by atoms with Crippen LogP contribution >= 0.6 is 11.3 Å². The summed E-state index contributed by atoms with van der Waals surface area (Å²) < 4.78 is 19.5. The van der Waals surface area contributed by atoms with Crippen LogP contribution in [0.3, 0.4) is 0 Å². The number of alkyl halides is 1. The molecule has 43 heavy (non-hydrogen) atoms. The highest BCUT2D eigenvalue weighted by Gasteiger charge is 2.36. The fourth-order valence-electron chi connectivity index (χ4n) is 5.97. The van der Waals surface area contributed by atoms with E-state index in [-0.39, 0.29) is 36.4 Å². The summed E-state index contributed by atoms with van der Waals surface area (Å²) in [6.07, 6.45) is 3.03. The minimum Gasteiger partial charge on any atom is -0.445 e. The van der Waals surface area contributed by atoms with E-state index in [9.17, 15) is 19.1 Å². The van der Waals surface area contributed by atoms with Gasteiger partial charge in [0.15, 0.2) is 0 Å².